The number of rotatable bonds is 7. The molecule has 3 heterocycles. The van der Waals surface area contributed by atoms with Crippen LogP contribution >= 0.6 is 11.3 Å². The van der Waals surface area contributed by atoms with Crippen molar-refractivity contribution in [2.24, 2.45) is 10.9 Å². The summed E-state index contributed by atoms with van der Waals surface area (Å²) in [6.07, 6.45) is 5.46. The van der Waals surface area contributed by atoms with Crippen molar-refractivity contribution in [3.8, 4) is 11.4 Å². The van der Waals surface area contributed by atoms with Gasteiger partial charge in [-0.05, 0) is 63.2 Å². The van der Waals surface area contributed by atoms with Gasteiger partial charge in [-0.3, -0.25) is 9.98 Å². The molecule has 4 rings (SSSR count). The fourth-order valence-corrected chi connectivity index (χ4v) is 6.58. The summed E-state index contributed by atoms with van der Waals surface area (Å²) in [6.45, 7) is 4.95. The molecule has 0 radical (unpaired) electrons. The van der Waals surface area contributed by atoms with Crippen molar-refractivity contribution in [1.82, 2.24) is 14.7 Å². The molecule has 1 aliphatic heterocycles. The molecule has 1 aliphatic carbocycles. The number of nitrogens with one attached hydrogen (secondary N) is 2. The first-order valence-electron chi connectivity index (χ1n) is 10.3. The topological polar surface area (TPSA) is 96.3 Å². The Bertz CT molecular complexity index is 1050. The lowest BCUT2D eigenvalue weighted by Crippen LogP contribution is -2.39. The maximum Gasteiger partial charge on any atom is 0.242 e. The van der Waals surface area contributed by atoms with Gasteiger partial charge in [0.15, 0.2) is 5.13 Å². The number of sulfonamides is 1. The van der Waals surface area contributed by atoms with Gasteiger partial charge in [0.1, 0.15) is 10.6 Å². The van der Waals surface area contributed by atoms with E-state index in [1.807, 2.05) is 30.5 Å². The molecule has 7 nitrogen and oxygen atoms in total. The molecule has 0 spiro atoms. The highest BCUT2D eigenvalue weighted by Gasteiger charge is 2.30. The number of aliphatic imine (C=N–C) groups is 1. The zero-order valence-corrected chi connectivity index (χ0v) is 18.9. The molecule has 160 valence electrons. The van der Waals surface area contributed by atoms with Crippen LogP contribution in [0.5, 0.6) is 0 Å². The minimum atomic E-state index is -3.49. The Balaban J connectivity index is 1.26. The molecule has 2 aliphatic rings. The number of hydrogen-bond acceptors (Lipinski definition) is 7. The van der Waals surface area contributed by atoms with Gasteiger partial charge in [-0.2, -0.15) is 0 Å². The summed E-state index contributed by atoms with van der Waals surface area (Å²) in [5.74, 6) is 0.517. The normalized spacial score (nSPS) is 22.3. The predicted molar refractivity (Wildman–Crippen MR) is 122 cm³/mol. The fourth-order valence-electron chi connectivity index (χ4n) is 4.09. The Labute approximate surface area is 181 Å². The van der Waals surface area contributed by atoms with Gasteiger partial charge in [0.25, 0.3) is 0 Å². The highest BCUT2D eigenvalue weighted by Crippen LogP contribution is 2.28. The molecule has 0 bridgehead atoms. The molecule has 0 amide bonds. The van der Waals surface area contributed by atoms with Crippen molar-refractivity contribution >= 4 is 32.2 Å². The Morgan fingerprint density at radius 2 is 1.93 bits per heavy atom. The first-order chi connectivity index (χ1) is 14.4. The molecule has 9 heteroatoms. The van der Waals surface area contributed by atoms with E-state index in [9.17, 15) is 8.42 Å². The fraction of sp³-hybridized carbons (Fsp3) is 0.476. The van der Waals surface area contributed by atoms with Gasteiger partial charge >= 0.3 is 0 Å². The van der Waals surface area contributed by atoms with E-state index in [4.69, 9.17) is 0 Å². The van der Waals surface area contributed by atoms with Gasteiger partial charge in [0.05, 0.1) is 18.0 Å². The van der Waals surface area contributed by atoms with E-state index in [0.29, 0.717) is 23.1 Å². The minimum absolute atomic E-state index is 0.00410. The van der Waals surface area contributed by atoms with Crippen molar-refractivity contribution in [2.45, 2.75) is 45.6 Å². The second-order valence-corrected chi connectivity index (χ2v) is 10.5. The van der Waals surface area contributed by atoms with Crippen LogP contribution in [-0.2, 0) is 10.0 Å². The lowest BCUT2D eigenvalue weighted by atomic mass is 9.86. The highest BCUT2D eigenvalue weighted by atomic mass is 32.2. The van der Waals surface area contributed by atoms with E-state index in [1.165, 1.54) is 0 Å². The molecule has 1 fully saturated rings. The number of thiazole rings is 1. The zero-order chi connectivity index (χ0) is 21.1. The van der Waals surface area contributed by atoms with Crippen LogP contribution in [0.4, 0.5) is 5.13 Å². The van der Waals surface area contributed by atoms with Crippen LogP contribution in [-0.4, -0.2) is 43.2 Å². The van der Waals surface area contributed by atoms with Crippen LogP contribution in [0.15, 0.2) is 45.2 Å². The van der Waals surface area contributed by atoms with Crippen molar-refractivity contribution < 1.29 is 8.42 Å². The SMILES string of the molecule is CC1=NCC(C)=C1S(=O)(=O)NC1CCC(CNc2nc(-c3ccccn3)cs2)CC1. The molecule has 30 heavy (non-hydrogen) atoms. The van der Waals surface area contributed by atoms with Gasteiger partial charge in [-0.1, -0.05) is 6.07 Å². The summed E-state index contributed by atoms with van der Waals surface area (Å²) >= 11 is 1.59. The number of anilines is 1. The molecule has 0 saturated heterocycles. The van der Waals surface area contributed by atoms with E-state index in [1.54, 1.807) is 24.5 Å². The Hall–Kier alpha value is -2.10. The highest BCUT2D eigenvalue weighted by molar-refractivity contribution is 7.94. The lowest BCUT2D eigenvalue weighted by Gasteiger charge is -2.29. The average molecular weight is 446 g/mol. The van der Waals surface area contributed by atoms with E-state index >= 15 is 0 Å². The summed E-state index contributed by atoms with van der Waals surface area (Å²) in [5, 5.41) is 6.36. The largest absolute Gasteiger partial charge is 0.361 e. The third-order valence-electron chi connectivity index (χ3n) is 5.68. The number of pyridine rings is 1. The smallest absolute Gasteiger partial charge is 0.242 e. The summed E-state index contributed by atoms with van der Waals surface area (Å²) in [6, 6.07) is 5.81. The molecule has 2 aromatic heterocycles. The van der Waals surface area contributed by atoms with Crippen LogP contribution in [0, 0.1) is 5.92 Å². The summed E-state index contributed by atoms with van der Waals surface area (Å²) < 4.78 is 28.4. The standard InChI is InChI=1S/C21H27N5O2S2/c1-14-11-23-15(2)20(14)30(27,28)26-17-8-6-16(7-9-17)12-24-21-25-19(13-29-21)18-5-3-4-10-22-18/h3-5,10,13,16-17,26H,6-9,11-12H2,1-2H3,(H,24,25). The molecule has 0 unspecified atom stereocenters. The maximum absolute atomic E-state index is 12.8. The maximum atomic E-state index is 12.8. The Morgan fingerprint density at radius 1 is 1.13 bits per heavy atom. The molecular weight excluding hydrogens is 418 g/mol. The van der Waals surface area contributed by atoms with Crippen molar-refractivity contribution in [1.29, 1.82) is 0 Å². The lowest BCUT2D eigenvalue weighted by molar-refractivity contribution is 0.324. The molecular formula is C21H27N5O2S2. The molecule has 1 saturated carbocycles. The van der Waals surface area contributed by atoms with Crippen molar-refractivity contribution in [3.63, 3.8) is 0 Å². The first kappa shape index (κ1) is 21.1. The zero-order valence-electron chi connectivity index (χ0n) is 17.3. The van der Waals surface area contributed by atoms with Crippen LogP contribution in [0.3, 0.4) is 0 Å². The second-order valence-electron chi connectivity index (χ2n) is 7.98. The number of aromatic nitrogens is 2. The summed E-state index contributed by atoms with van der Waals surface area (Å²) in [7, 11) is -3.49. The average Bonchev–Trinajstić information content (AvgIpc) is 3.34. The van der Waals surface area contributed by atoms with Gasteiger partial charge < -0.3 is 5.32 Å². The second kappa shape index (κ2) is 8.95. The molecule has 0 aromatic carbocycles. The van der Waals surface area contributed by atoms with Gasteiger partial charge in [-0.15, -0.1) is 11.3 Å². The summed E-state index contributed by atoms with van der Waals surface area (Å²) in [5.41, 5.74) is 3.21. The minimum Gasteiger partial charge on any atom is -0.361 e. The van der Waals surface area contributed by atoms with E-state index < -0.39 is 10.0 Å². The van der Waals surface area contributed by atoms with Crippen LogP contribution < -0.4 is 10.0 Å². The van der Waals surface area contributed by atoms with Crippen LogP contribution in [0.25, 0.3) is 11.4 Å². The number of allylic oxidation sites excluding steroid dienone is 1. The van der Waals surface area contributed by atoms with E-state index in [2.05, 4.69) is 25.0 Å². The molecule has 2 N–H and O–H groups in total. The summed E-state index contributed by atoms with van der Waals surface area (Å²) in [4.78, 5) is 13.6. The van der Waals surface area contributed by atoms with E-state index in [0.717, 1.165) is 54.3 Å². The third kappa shape index (κ3) is 4.79. The number of hydrogen-bond donors (Lipinski definition) is 2. The van der Waals surface area contributed by atoms with Gasteiger partial charge in [-0.25, -0.2) is 18.1 Å². The van der Waals surface area contributed by atoms with Crippen LogP contribution in [0.2, 0.25) is 0 Å². The van der Waals surface area contributed by atoms with Crippen molar-refractivity contribution in [2.75, 3.05) is 18.4 Å². The first-order valence-corrected chi connectivity index (χ1v) is 12.6. The Kier molecular flexibility index (Phi) is 6.31. The molecule has 2 aromatic rings. The van der Waals surface area contributed by atoms with Crippen molar-refractivity contribution in [3.05, 3.63) is 40.3 Å². The predicted octanol–water partition coefficient (Wildman–Crippen LogP) is 3.84. The van der Waals surface area contributed by atoms with E-state index in [-0.39, 0.29) is 6.04 Å². The number of nitrogens with zero attached hydrogens (tertiary/aromatic N) is 3. The monoisotopic (exact) mass is 445 g/mol. The van der Waals surface area contributed by atoms with Gasteiger partial charge in [0.2, 0.25) is 10.0 Å². The van der Waals surface area contributed by atoms with Gasteiger partial charge in [0, 0.05) is 24.2 Å². The quantitative estimate of drug-likeness (QED) is 0.675. The third-order valence-corrected chi connectivity index (χ3v) is 8.31. The van der Waals surface area contributed by atoms with Crippen LogP contribution in [0.1, 0.15) is 39.5 Å². The molecule has 0 atom stereocenters. The Morgan fingerprint density at radius 3 is 2.60 bits per heavy atom.